The Labute approximate surface area is 130 Å². The van der Waals surface area contributed by atoms with Gasteiger partial charge in [-0.3, -0.25) is 4.79 Å². The second-order valence-corrected chi connectivity index (χ2v) is 5.82. The Morgan fingerprint density at radius 1 is 1.57 bits per heavy atom. The van der Waals surface area contributed by atoms with E-state index < -0.39 is 5.60 Å². The Kier molecular flexibility index (Phi) is 5.19. The van der Waals surface area contributed by atoms with E-state index in [1.165, 1.54) is 0 Å². The molecule has 1 fully saturated rings. The van der Waals surface area contributed by atoms with Crippen LogP contribution in [0.1, 0.15) is 37.0 Å². The Balaban J connectivity index is 2.22. The standard InChI is InChI=1S/C15H22ClN3O2/c1-3-19(11(2)15(21)6-9-17-10-7-15)14(20)12-5-4-8-18-13(12)16/h4-5,8,11,17,21H,3,6-7,9-10H2,1-2H3. The quantitative estimate of drug-likeness (QED) is 0.831. The van der Waals surface area contributed by atoms with E-state index in [1.54, 1.807) is 23.2 Å². The molecule has 2 rings (SSSR count). The van der Waals surface area contributed by atoms with Gasteiger partial charge < -0.3 is 15.3 Å². The van der Waals surface area contributed by atoms with Gasteiger partial charge >= 0.3 is 0 Å². The molecule has 5 nitrogen and oxygen atoms in total. The summed E-state index contributed by atoms with van der Waals surface area (Å²) in [4.78, 5) is 18.3. The molecule has 1 aromatic heterocycles. The van der Waals surface area contributed by atoms with Crippen LogP contribution in [0.15, 0.2) is 18.3 Å². The molecule has 1 amide bonds. The van der Waals surface area contributed by atoms with Gasteiger partial charge in [0.05, 0.1) is 17.2 Å². The number of pyridine rings is 1. The van der Waals surface area contributed by atoms with Gasteiger partial charge in [0.15, 0.2) is 0 Å². The molecule has 0 spiro atoms. The second-order valence-electron chi connectivity index (χ2n) is 5.46. The number of amides is 1. The van der Waals surface area contributed by atoms with Gasteiger partial charge in [0.25, 0.3) is 5.91 Å². The number of nitrogens with zero attached hydrogens (tertiary/aromatic N) is 2. The topological polar surface area (TPSA) is 65.5 Å². The highest BCUT2D eigenvalue weighted by Gasteiger charge is 2.40. The van der Waals surface area contributed by atoms with Gasteiger partial charge in [-0.15, -0.1) is 0 Å². The van der Waals surface area contributed by atoms with Gasteiger partial charge in [-0.25, -0.2) is 4.98 Å². The minimum atomic E-state index is -0.856. The summed E-state index contributed by atoms with van der Waals surface area (Å²) in [5.41, 5.74) is -0.476. The number of carbonyl (C=O) groups excluding carboxylic acids is 1. The number of likely N-dealkylation sites (N-methyl/N-ethyl adjacent to an activating group) is 1. The molecule has 0 aromatic carbocycles. The molecule has 21 heavy (non-hydrogen) atoms. The van der Waals surface area contributed by atoms with Crippen LogP contribution in [0.4, 0.5) is 0 Å². The maximum absolute atomic E-state index is 12.7. The average Bonchev–Trinajstić information content (AvgIpc) is 2.49. The van der Waals surface area contributed by atoms with Crippen LogP contribution in [-0.2, 0) is 0 Å². The SMILES string of the molecule is CCN(C(=O)c1cccnc1Cl)C(C)C1(O)CCNCC1. The zero-order valence-corrected chi connectivity index (χ0v) is 13.2. The van der Waals surface area contributed by atoms with Crippen LogP contribution < -0.4 is 5.32 Å². The van der Waals surface area contributed by atoms with Crippen molar-refractivity contribution in [3.05, 3.63) is 29.0 Å². The predicted molar refractivity (Wildman–Crippen MR) is 82.5 cm³/mol. The van der Waals surface area contributed by atoms with Crippen molar-refractivity contribution in [2.45, 2.75) is 38.3 Å². The van der Waals surface area contributed by atoms with Crippen molar-refractivity contribution in [3.8, 4) is 0 Å². The molecule has 0 saturated carbocycles. The lowest BCUT2D eigenvalue weighted by Gasteiger charge is -2.43. The summed E-state index contributed by atoms with van der Waals surface area (Å²) in [6.07, 6.45) is 2.83. The first kappa shape index (κ1) is 16.2. The summed E-state index contributed by atoms with van der Waals surface area (Å²) in [7, 11) is 0. The number of piperidine rings is 1. The summed E-state index contributed by atoms with van der Waals surface area (Å²) in [5, 5.41) is 14.3. The highest BCUT2D eigenvalue weighted by atomic mass is 35.5. The normalized spacial score (nSPS) is 19.0. The third-order valence-corrected chi connectivity index (χ3v) is 4.61. The number of aromatic nitrogens is 1. The maximum atomic E-state index is 12.7. The number of aliphatic hydroxyl groups is 1. The lowest BCUT2D eigenvalue weighted by atomic mass is 9.84. The van der Waals surface area contributed by atoms with Gasteiger partial charge in [0, 0.05) is 12.7 Å². The molecule has 0 aliphatic carbocycles. The molecule has 6 heteroatoms. The van der Waals surface area contributed by atoms with Crippen molar-refractivity contribution in [2.75, 3.05) is 19.6 Å². The van der Waals surface area contributed by atoms with E-state index in [1.807, 2.05) is 13.8 Å². The third kappa shape index (κ3) is 3.36. The Morgan fingerprint density at radius 3 is 2.81 bits per heavy atom. The second kappa shape index (κ2) is 6.73. The van der Waals surface area contributed by atoms with Crippen molar-refractivity contribution < 1.29 is 9.90 Å². The first-order chi connectivity index (χ1) is 9.99. The van der Waals surface area contributed by atoms with Crippen molar-refractivity contribution in [2.24, 2.45) is 0 Å². The largest absolute Gasteiger partial charge is 0.388 e. The van der Waals surface area contributed by atoms with Gasteiger partial charge in [-0.2, -0.15) is 0 Å². The van der Waals surface area contributed by atoms with E-state index in [-0.39, 0.29) is 17.1 Å². The fraction of sp³-hybridized carbons (Fsp3) is 0.600. The summed E-state index contributed by atoms with van der Waals surface area (Å²) in [6.45, 7) is 5.85. The van der Waals surface area contributed by atoms with E-state index in [2.05, 4.69) is 10.3 Å². The van der Waals surface area contributed by atoms with Gasteiger partial charge in [-0.1, -0.05) is 11.6 Å². The van der Waals surface area contributed by atoms with E-state index >= 15 is 0 Å². The summed E-state index contributed by atoms with van der Waals surface area (Å²) in [5.74, 6) is -0.185. The van der Waals surface area contributed by atoms with Crippen molar-refractivity contribution in [3.63, 3.8) is 0 Å². The molecule has 1 aliphatic rings. The highest BCUT2D eigenvalue weighted by molar-refractivity contribution is 6.32. The van der Waals surface area contributed by atoms with Crippen LogP contribution >= 0.6 is 11.6 Å². The fourth-order valence-electron chi connectivity index (χ4n) is 2.86. The van der Waals surface area contributed by atoms with Crippen LogP contribution in [0.5, 0.6) is 0 Å². The lowest BCUT2D eigenvalue weighted by Crippen LogP contribution is -2.57. The fourth-order valence-corrected chi connectivity index (χ4v) is 3.06. The minimum Gasteiger partial charge on any atom is -0.388 e. The molecule has 1 atom stereocenters. The molecular weight excluding hydrogens is 290 g/mol. The first-order valence-corrected chi connectivity index (χ1v) is 7.72. The molecular formula is C15H22ClN3O2. The van der Waals surface area contributed by atoms with Gasteiger partial charge in [0.2, 0.25) is 0 Å². The summed E-state index contributed by atoms with van der Waals surface area (Å²) in [6, 6.07) is 3.09. The van der Waals surface area contributed by atoms with Gasteiger partial charge in [0.1, 0.15) is 5.15 Å². The predicted octanol–water partition coefficient (Wildman–Crippen LogP) is 1.70. The summed E-state index contributed by atoms with van der Waals surface area (Å²) < 4.78 is 0. The first-order valence-electron chi connectivity index (χ1n) is 7.34. The van der Waals surface area contributed by atoms with Crippen LogP contribution in [0, 0.1) is 0 Å². The molecule has 1 unspecified atom stereocenters. The smallest absolute Gasteiger partial charge is 0.257 e. The van der Waals surface area contributed by atoms with Crippen LogP contribution in [0.25, 0.3) is 0 Å². The third-order valence-electron chi connectivity index (χ3n) is 4.31. The molecule has 0 bridgehead atoms. The molecule has 1 aromatic rings. The number of rotatable bonds is 4. The number of nitrogens with one attached hydrogen (secondary N) is 1. The van der Waals surface area contributed by atoms with E-state index in [4.69, 9.17) is 11.6 Å². The molecule has 1 saturated heterocycles. The molecule has 2 N–H and O–H groups in total. The minimum absolute atomic E-state index is 0.185. The van der Waals surface area contributed by atoms with Crippen molar-refractivity contribution in [1.29, 1.82) is 0 Å². The Bertz CT molecular complexity index is 503. The molecule has 116 valence electrons. The Hall–Kier alpha value is -1.17. The van der Waals surface area contributed by atoms with Crippen LogP contribution in [0.2, 0.25) is 5.15 Å². The van der Waals surface area contributed by atoms with E-state index in [0.29, 0.717) is 24.9 Å². The lowest BCUT2D eigenvalue weighted by molar-refractivity contribution is -0.0525. The van der Waals surface area contributed by atoms with E-state index in [0.717, 1.165) is 13.1 Å². The number of hydrogen-bond acceptors (Lipinski definition) is 4. The average molecular weight is 312 g/mol. The van der Waals surface area contributed by atoms with Gasteiger partial charge in [-0.05, 0) is 51.9 Å². The highest BCUT2D eigenvalue weighted by Crippen LogP contribution is 2.27. The van der Waals surface area contributed by atoms with Crippen molar-refractivity contribution in [1.82, 2.24) is 15.2 Å². The van der Waals surface area contributed by atoms with Crippen LogP contribution in [0.3, 0.4) is 0 Å². The number of carbonyl (C=O) groups is 1. The molecule has 2 heterocycles. The Morgan fingerprint density at radius 2 is 2.24 bits per heavy atom. The monoisotopic (exact) mass is 311 g/mol. The van der Waals surface area contributed by atoms with Crippen LogP contribution in [-0.4, -0.2) is 52.2 Å². The number of hydrogen-bond donors (Lipinski definition) is 2. The molecule has 0 radical (unpaired) electrons. The zero-order valence-electron chi connectivity index (χ0n) is 12.5. The summed E-state index contributed by atoms with van der Waals surface area (Å²) >= 11 is 6.01. The maximum Gasteiger partial charge on any atom is 0.257 e. The number of halogens is 1. The van der Waals surface area contributed by atoms with Crippen molar-refractivity contribution >= 4 is 17.5 Å². The molecule has 1 aliphatic heterocycles. The van der Waals surface area contributed by atoms with E-state index in [9.17, 15) is 9.90 Å². The zero-order chi connectivity index (χ0) is 15.5.